The highest BCUT2D eigenvalue weighted by Gasteiger charge is 2.07. The van der Waals surface area contributed by atoms with Crippen molar-refractivity contribution in [3.63, 3.8) is 0 Å². The molecule has 0 bridgehead atoms. The number of benzene rings is 2. The van der Waals surface area contributed by atoms with E-state index in [4.69, 9.17) is 4.74 Å². The Balaban J connectivity index is 2.11. The van der Waals surface area contributed by atoms with Gasteiger partial charge in [0.1, 0.15) is 5.75 Å². The van der Waals surface area contributed by atoms with E-state index >= 15 is 0 Å². The zero-order valence-corrected chi connectivity index (χ0v) is 12.2. The van der Waals surface area contributed by atoms with Crippen molar-refractivity contribution >= 4 is 10.8 Å². The number of nitrogens with one attached hydrogen (secondary N) is 1. The Labute approximate surface area is 120 Å². The highest BCUT2D eigenvalue weighted by Crippen LogP contribution is 2.28. The van der Waals surface area contributed by atoms with E-state index in [0.717, 1.165) is 30.5 Å². The minimum Gasteiger partial charge on any atom is -0.496 e. The molecule has 1 atom stereocenters. The van der Waals surface area contributed by atoms with Crippen molar-refractivity contribution in [2.75, 3.05) is 13.7 Å². The Morgan fingerprint density at radius 1 is 1.15 bits per heavy atom. The molecule has 1 unspecified atom stereocenters. The lowest BCUT2D eigenvalue weighted by Gasteiger charge is -2.13. The van der Waals surface area contributed by atoms with Crippen LogP contribution < -0.4 is 10.1 Å². The predicted molar refractivity (Wildman–Crippen MR) is 83.1 cm³/mol. The number of ether oxygens (including phenoxy) is 1. The Bertz CT molecular complexity index is 554. The summed E-state index contributed by atoms with van der Waals surface area (Å²) in [5, 5.41) is 15.4. The van der Waals surface area contributed by atoms with Gasteiger partial charge in [0.15, 0.2) is 0 Å². The minimum absolute atomic E-state index is 0.260. The molecular formula is C17H23NO2. The third kappa shape index (κ3) is 3.50. The molecule has 0 amide bonds. The van der Waals surface area contributed by atoms with Crippen LogP contribution in [0, 0.1) is 0 Å². The van der Waals surface area contributed by atoms with Gasteiger partial charge in [0.2, 0.25) is 0 Å². The number of aliphatic hydroxyl groups excluding tert-OH is 1. The van der Waals surface area contributed by atoms with Crippen LogP contribution in [0.3, 0.4) is 0 Å². The molecule has 0 aromatic heterocycles. The van der Waals surface area contributed by atoms with Crippen molar-refractivity contribution in [3.05, 3.63) is 42.0 Å². The summed E-state index contributed by atoms with van der Waals surface area (Å²) in [6.07, 6.45) is 1.59. The highest BCUT2D eigenvalue weighted by molar-refractivity contribution is 5.91. The van der Waals surface area contributed by atoms with E-state index in [0.29, 0.717) is 6.54 Å². The molecule has 2 rings (SSSR count). The summed E-state index contributed by atoms with van der Waals surface area (Å²) in [4.78, 5) is 0. The van der Waals surface area contributed by atoms with Crippen molar-refractivity contribution in [1.29, 1.82) is 0 Å². The highest BCUT2D eigenvalue weighted by atomic mass is 16.5. The Kier molecular flexibility index (Phi) is 5.39. The number of fused-ring (bicyclic) bond motifs is 1. The zero-order chi connectivity index (χ0) is 14.4. The van der Waals surface area contributed by atoms with Gasteiger partial charge >= 0.3 is 0 Å². The lowest BCUT2D eigenvalue weighted by atomic mass is 10.0. The maximum Gasteiger partial charge on any atom is 0.126 e. The van der Waals surface area contributed by atoms with Gasteiger partial charge in [0.05, 0.1) is 13.2 Å². The van der Waals surface area contributed by atoms with Crippen molar-refractivity contribution in [2.24, 2.45) is 0 Å². The topological polar surface area (TPSA) is 41.5 Å². The van der Waals surface area contributed by atoms with Gasteiger partial charge in [-0.1, -0.05) is 43.7 Å². The molecule has 0 aliphatic carbocycles. The molecule has 0 saturated heterocycles. The van der Waals surface area contributed by atoms with Crippen LogP contribution in [0.25, 0.3) is 10.8 Å². The summed E-state index contributed by atoms with van der Waals surface area (Å²) < 4.78 is 5.40. The van der Waals surface area contributed by atoms with E-state index in [1.54, 1.807) is 7.11 Å². The van der Waals surface area contributed by atoms with Crippen LogP contribution in [0.15, 0.2) is 36.4 Å². The third-order valence-electron chi connectivity index (χ3n) is 3.51. The first kappa shape index (κ1) is 14.8. The van der Waals surface area contributed by atoms with E-state index in [1.807, 2.05) is 18.2 Å². The van der Waals surface area contributed by atoms with Crippen LogP contribution in [0.4, 0.5) is 0 Å². The quantitative estimate of drug-likeness (QED) is 0.814. The van der Waals surface area contributed by atoms with Gasteiger partial charge in [-0.2, -0.15) is 0 Å². The number of methoxy groups -OCH3 is 1. The molecule has 0 radical (unpaired) electrons. The standard InChI is InChI=1S/C17H23NO2/c1-3-6-14(19)12-18-11-13-9-10-17(20-2)16-8-5-4-7-15(13)16/h4-5,7-10,14,18-19H,3,6,11-12H2,1-2H3. The van der Waals surface area contributed by atoms with Gasteiger partial charge in [-0.05, 0) is 23.4 Å². The molecular weight excluding hydrogens is 250 g/mol. The SMILES string of the molecule is CCCC(O)CNCc1ccc(OC)c2ccccc12. The van der Waals surface area contributed by atoms with Crippen LogP contribution in [-0.2, 0) is 6.54 Å². The lowest BCUT2D eigenvalue weighted by Crippen LogP contribution is -2.26. The second-order valence-electron chi connectivity index (χ2n) is 5.05. The molecule has 0 fully saturated rings. The maximum atomic E-state index is 9.74. The first-order valence-electron chi connectivity index (χ1n) is 7.19. The second kappa shape index (κ2) is 7.27. The van der Waals surface area contributed by atoms with Crippen LogP contribution in [-0.4, -0.2) is 24.9 Å². The maximum absolute atomic E-state index is 9.74. The van der Waals surface area contributed by atoms with Gasteiger partial charge in [-0.3, -0.25) is 0 Å². The first-order chi connectivity index (χ1) is 9.76. The predicted octanol–water partition coefficient (Wildman–Crippen LogP) is 3.10. The molecule has 3 heteroatoms. The van der Waals surface area contributed by atoms with Gasteiger partial charge in [-0.15, -0.1) is 0 Å². The molecule has 0 aliphatic heterocycles. The monoisotopic (exact) mass is 273 g/mol. The minimum atomic E-state index is -0.260. The normalized spacial score (nSPS) is 12.6. The number of aliphatic hydroxyl groups is 1. The first-order valence-corrected chi connectivity index (χ1v) is 7.19. The zero-order valence-electron chi connectivity index (χ0n) is 12.2. The van der Waals surface area contributed by atoms with Crippen LogP contribution in [0.5, 0.6) is 5.75 Å². The third-order valence-corrected chi connectivity index (χ3v) is 3.51. The van der Waals surface area contributed by atoms with Gasteiger partial charge in [0, 0.05) is 18.5 Å². The summed E-state index contributed by atoms with van der Waals surface area (Å²) in [6.45, 7) is 3.47. The molecule has 0 saturated carbocycles. The average molecular weight is 273 g/mol. The van der Waals surface area contributed by atoms with Crippen LogP contribution >= 0.6 is 0 Å². The Morgan fingerprint density at radius 3 is 2.60 bits per heavy atom. The lowest BCUT2D eigenvalue weighted by molar-refractivity contribution is 0.160. The number of hydrogen-bond acceptors (Lipinski definition) is 3. The van der Waals surface area contributed by atoms with Crippen LogP contribution in [0.1, 0.15) is 25.3 Å². The molecule has 2 aromatic carbocycles. The summed E-state index contributed by atoms with van der Waals surface area (Å²) in [7, 11) is 1.70. The van der Waals surface area contributed by atoms with Crippen LogP contribution in [0.2, 0.25) is 0 Å². The van der Waals surface area contributed by atoms with E-state index < -0.39 is 0 Å². The molecule has 0 heterocycles. The molecule has 0 spiro atoms. The molecule has 108 valence electrons. The van der Waals surface area contributed by atoms with Crippen molar-refractivity contribution < 1.29 is 9.84 Å². The number of rotatable bonds is 7. The largest absolute Gasteiger partial charge is 0.496 e. The van der Waals surface area contributed by atoms with Gasteiger partial charge < -0.3 is 15.2 Å². The van der Waals surface area contributed by atoms with E-state index in [2.05, 4.69) is 30.4 Å². The fraction of sp³-hybridized carbons (Fsp3) is 0.412. The van der Waals surface area contributed by atoms with E-state index in [1.165, 1.54) is 10.9 Å². The summed E-state index contributed by atoms with van der Waals surface area (Å²) >= 11 is 0. The fourth-order valence-corrected chi connectivity index (χ4v) is 2.47. The van der Waals surface area contributed by atoms with E-state index in [-0.39, 0.29) is 6.10 Å². The second-order valence-corrected chi connectivity index (χ2v) is 5.05. The Morgan fingerprint density at radius 2 is 1.90 bits per heavy atom. The van der Waals surface area contributed by atoms with Crippen molar-refractivity contribution in [3.8, 4) is 5.75 Å². The summed E-state index contributed by atoms with van der Waals surface area (Å²) in [5.41, 5.74) is 1.23. The molecule has 2 aromatic rings. The summed E-state index contributed by atoms with van der Waals surface area (Å²) in [5.74, 6) is 0.898. The number of hydrogen-bond donors (Lipinski definition) is 2. The van der Waals surface area contributed by atoms with Crippen molar-refractivity contribution in [1.82, 2.24) is 5.32 Å². The molecule has 2 N–H and O–H groups in total. The van der Waals surface area contributed by atoms with Crippen molar-refractivity contribution in [2.45, 2.75) is 32.4 Å². The van der Waals surface area contributed by atoms with Gasteiger partial charge in [-0.25, -0.2) is 0 Å². The fourth-order valence-electron chi connectivity index (χ4n) is 2.47. The smallest absolute Gasteiger partial charge is 0.126 e. The molecule has 0 aliphatic rings. The molecule has 20 heavy (non-hydrogen) atoms. The molecule has 3 nitrogen and oxygen atoms in total. The average Bonchev–Trinajstić information content (AvgIpc) is 2.47. The summed E-state index contributed by atoms with van der Waals surface area (Å²) in [6, 6.07) is 12.3. The van der Waals surface area contributed by atoms with E-state index in [9.17, 15) is 5.11 Å². The Hall–Kier alpha value is -1.58. The van der Waals surface area contributed by atoms with Gasteiger partial charge in [0.25, 0.3) is 0 Å².